The van der Waals surface area contributed by atoms with E-state index in [0.717, 1.165) is 32.0 Å². The predicted octanol–water partition coefficient (Wildman–Crippen LogP) is 2.86. The Morgan fingerprint density at radius 1 is 1.25 bits per heavy atom. The van der Waals surface area contributed by atoms with Crippen molar-refractivity contribution in [2.24, 2.45) is 5.92 Å². The molecular formula is C18H31Cl2N3O. The molecule has 0 bridgehead atoms. The highest BCUT2D eigenvalue weighted by atomic mass is 35.5. The van der Waals surface area contributed by atoms with Gasteiger partial charge in [-0.15, -0.1) is 24.8 Å². The molecule has 1 aromatic rings. The van der Waals surface area contributed by atoms with Gasteiger partial charge in [0.25, 0.3) is 0 Å². The predicted molar refractivity (Wildman–Crippen MR) is 105 cm³/mol. The highest BCUT2D eigenvalue weighted by Crippen LogP contribution is 2.27. The Balaban J connectivity index is 0.00000264. The van der Waals surface area contributed by atoms with Gasteiger partial charge in [-0.1, -0.05) is 30.3 Å². The van der Waals surface area contributed by atoms with Gasteiger partial charge in [0.1, 0.15) is 0 Å². The van der Waals surface area contributed by atoms with Gasteiger partial charge in [-0.05, 0) is 51.3 Å². The molecule has 1 atom stereocenters. The first kappa shape index (κ1) is 23.2. The summed E-state index contributed by atoms with van der Waals surface area (Å²) in [6, 6.07) is 10.9. The van der Waals surface area contributed by atoms with Gasteiger partial charge in [0.15, 0.2) is 0 Å². The molecule has 0 heterocycles. The zero-order valence-corrected chi connectivity index (χ0v) is 16.3. The summed E-state index contributed by atoms with van der Waals surface area (Å²) in [7, 11) is 2.14. The molecule has 1 aromatic carbocycles. The van der Waals surface area contributed by atoms with Crippen molar-refractivity contribution < 1.29 is 4.79 Å². The SMILES string of the molecule is CC(CCNC(=O)CNCC1CC1)N(C)Cc1ccccc1.Cl.Cl. The van der Waals surface area contributed by atoms with Gasteiger partial charge < -0.3 is 10.6 Å². The lowest BCUT2D eigenvalue weighted by Gasteiger charge is -2.25. The van der Waals surface area contributed by atoms with Crippen LogP contribution in [0.5, 0.6) is 0 Å². The number of benzene rings is 1. The van der Waals surface area contributed by atoms with E-state index < -0.39 is 0 Å². The first-order valence-corrected chi connectivity index (χ1v) is 8.36. The fourth-order valence-corrected chi connectivity index (χ4v) is 2.44. The van der Waals surface area contributed by atoms with Crippen molar-refractivity contribution in [2.45, 2.75) is 38.8 Å². The third kappa shape index (κ3) is 9.48. The van der Waals surface area contributed by atoms with Crippen molar-refractivity contribution in [3.63, 3.8) is 0 Å². The van der Waals surface area contributed by atoms with Crippen molar-refractivity contribution in [1.82, 2.24) is 15.5 Å². The van der Waals surface area contributed by atoms with Gasteiger partial charge in [0, 0.05) is 19.1 Å². The zero-order valence-electron chi connectivity index (χ0n) is 14.7. The van der Waals surface area contributed by atoms with Crippen molar-refractivity contribution in [3.05, 3.63) is 35.9 Å². The molecule has 2 N–H and O–H groups in total. The van der Waals surface area contributed by atoms with Crippen LogP contribution in [0.25, 0.3) is 0 Å². The van der Waals surface area contributed by atoms with Gasteiger partial charge >= 0.3 is 0 Å². The van der Waals surface area contributed by atoms with Crippen LogP contribution < -0.4 is 10.6 Å². The summed E-state index contributed by atoms with van der Waals surface area (Å²) in [6.45, 7) is 5.33. The van der Waals surface area contributed by atoms with Crippen LogP contribution in [0, 0.1) is 5.92 Å². The molecule has 6 heteroatoms. The molecule has 4 nitrogen and oxygen atoms in total. The molecule has 1 unspecified atom stereocenters. The second kappa shape index (κ2) is 12.5. The summed E-state index contributed by atoms with van der Waals surface area (Å²) >= 11 is 0. The van der Waals surface area contributed by atoms with Crippen molar-refractivity contribution in [3.8, 4) is 0 Å². The molecule has 0 saturated heterocycles. The van der Waals surface area contributed by atoms with Crippen molar-refractivity contribution in [1.29, 1.82) is 0 Å². The Bertz CT molecular complexity index is 455. The Hall–Kier alpha value is -0.810. The van der Waals surface area contributed by atoms with Crippen LogP contribution in [-0.4, -0.2) is 43.5 Å². The van der Waals surface area contributed by atoms with E-state index in [1.165, 1.54) is 18.4 Å². The molecule has 1 aliphatic carbocycles. The molecule has 0 aliphatic heterocycles. The smallest absolute Gasteiger partial charge is 0.233 e. The number of halogens is 2. The molecule has 1 fully saturated rings. The van der Waals surface area contributed by atoms with Gasteiger partial charge in [-0.25, -0.2) is 0 Å². The minimum Gasteiger partial charge on any atom is -0.355 e. The maximum atomic E-state index is 11.7. The first-order valence-electron chi connectivity index (χ1n) is 8.36. The number of carbonyl (C=O) groups is 1. The summed E-state index contributed by atoms with van der Waals surface area (Å²) in [5.41, 5.74) is 1.32. The lowest BCUT2D eigenvalue weighted by Crippen LogP contribution is -2.37. The summed E-state index contributed by atoms with van der Waals surface area (Å²) < 4.78 is 0. The summed E-state index contributed by atoms with van der Waals surface area (Å²) in [5.74, 6) is 0.929. The maximum Gasteiger partial charge on any atom is 0.233 e. The van der Waals surface area contributed by atoms with Gasteiger partial charge in [0.2, 0.25) is 5.91 Å². The summed E-state index contributed by atoms with van der Waals surface area (Å²) in [5, 5.41) is 6.22. The van der Waals surface area contributed by atoms with E-state index in [9.17, 15) is 4.79 Å². The number of nitrogens with zero attached hydrogens (tertiary/aromatic N) is 1. The van der Waals surface area contributed by atoms with Crippen LogP contribution in [0.4, 0.5) is 0 Å². The van der Waals surface area contributed by atoms with Crippen LogP contribution in [0.2, 0.25) is 0 Å². The average Bonchev–Trinajstić information content (AvgIpc) is 3.32. The summed E-state index contributed by atoms with van der Waals surface area (Å²) in [4.78, 5) is 14.0. The molecule has 1 aliphatic rings. The topological polar surface area (TPSA) is 44.4 Å². The van der Waals surface area contributed by atoms with Gasteiger partial charge in [-0.3, -0.25) is 9.69 Å². The third-order valence-corrected chi connectivity index (χ3v) is 4.33. The van der Waals surface area contributed by atoms with E-state index in [1.54, 1.807) is 0 Å². The number of hydrogen-bond acceptors (Lipinski definition) is 3. The molecule has 1 amide bonds. The van der Waals surface area contributed by atoms with Gasteiger partial charge in [0.05, 0.1) is 6.54 Å². The lowest BCUT2D eigenvalue weighted by molar-refractivity contribution is -0.120. The van der Waals surface area contributed by atoms with E-state index in [4.69, 9.17) is 0 Å². The van der Waals surface area contributed by atoms with Crippen LogP contribution in [0.1, 0.15) is 31.7 Å². The van der Waals surface area contributed by atoms with Crippen LogP contribution in [0.15, 0.2) is 30.3 Å². The highest BCUT2D eigenvalue weighted by Gasteiger charge is 2.20. The minimum absolute atomic E-state index is 0. The lowest BCUT2D eigenvalue weighted by atomic mass is 10.1. The molecule has 0 radical (unpaired) electrons. The largest absolute Gasteiger partial charge is 0.355 e. The molecule has 24 heavy (non-hydrogen) atoms. The minimum atomic E-state index is 0. The second-order valence-corrected chi connectivity index (χ2v) is 6.46. The third-order valence-electron chi connectivity index (χ3n) is 4.33. The normalized spacial score (nSPS) is 14.5. The van der Waals surface area contributed by atoms with Crippen LogP contribution in [0.3, 0.4) is 0 Å². The van der Waals surface area contributed by atoms with E-state index >= 15 is 0 Å². The molecule has 138 valence electrons. The summed E-state index contributed by atoms with van der Waals surface area (Å²) in [6.07, 6.45) is 3.61. The fourth-order valence-electron chi connectivity index (χ4n) is 2.44. The number of amides is 1. The van der Waals surface area contributed by atoms with E-state index in [1.807, 2.05) is 6.07 Å². The van der Waals surface area contributed by atoms with E-state index in [-0.39, 0.29) is 30.7 Å². The Morgan fingerprint density at radius 3 is 2.54 bits per heavy atom. The average molecular weight is 376 g/mol. The molecule has 0 spiro atoms. The molecule has 0 aromatic heterocycles. The van der Waals surface area contributed by atoms with Gasteiger partial charge in [-0.2, -0.15) is 0 Å². The Morgan fingerprint density at radius 2 is 1.92 bits per heavy atom. The van der Waals surface area contributed by atoms with Crippen LogP contribution in [-0.2, 0) is 11.3 Å². The Kier molecular flexibility index (Phi) is 12.1. The molecule has 2 rings (SSSR count). The standard InChI is InChI=1S/C18H29N3O.2ClH/c1-15(21(2)14-17-6-4-3-5-7-17)10-11-20-18(22)13-19-12-16-8-9-16;;/h3-7,15-16,19H,8-14H2,1-2H3,(H,20,22);2*1H. The number of hydrogen-bond donors (Lipinski definition) is 2. The maximum absolute atomic E-state index is 11.7. The zero-order chi connectivity index (χ0) is 15.8. The fraction of sp³-hybridized carbons (Fsp3) is 0.611. The number of nitrogens with one attached hydrogen (secondary N) is 2. The highest BCUT2D eigenvalue weighted by molar-refractivity contribution is 5.85. The first-order chi connectivity index (χ1) is 10.6. The number of rotatable bonds is 10. The molecule has 1 saturated carbocycles. The molecular weight excluding hydrogens is 345 g/mol. The van der Waals surface area contributed by atoms with E-state index in [0.29, 0.717) is 12.6 Å². The van der Waals surface area contributed by atoms with E-state index in [2.05, 4.69) is 53.8 Å². The van der Waals surface area contributed by atoms with Crippen molar-refractivity contribution >= 4 is 30.7 Å². The Labute approximate surface area is 158 Å². The quantitative estimate of drug-likeness (QED) is 0.660. The van der Waals surface area contributed by atoms with Crippen molar-refractivity contribution in [2.75, 3.05) is 26.7 Å². The second-order valence-electron chi connectivity index (χ2n) is 6.46. The number of carbonyl (C=O) groups excluding carboxylic acids is 1. The monoisotopic (exact) mass is 375 g/mol. The van der Waals surface area contributed by atoms with Crippen LogP contribution >= 0.6 is 24.8 Å².